The van der Waals surface area contributed by atoms with Gasteiger partial charge in [-0.05, 0) is 45.0 Å². The molecule has 1 saturated heterocycles. The predicted molar refractivity (Wildman–Crippen MR) is 74.3 cm³/mol. The van der Waals surface area contributed by atoms with Crippen molar-refractivity contribution in [3.05, 3.63) is 21.9 Å². The van der Waals surface area contributed by atoms with Crippen molar-refractivity contribution < 1.29 is 4.79 Å². The molecule has 0 aromatic carbocycles. The highest BCUT2D eigenvalue weighted by Crippen LogP contribution is 2.24. The first-order valence-electron chi connectivity index (χ1n) is 6.40. The van der Waals surface area contributed by atoms with Gasteiger partial charge in [0.1, 0.15) is 0 Å². The maximum atomic E-state index is 11.1. The number of thiophene rings is 1. The minimum atomic E-state index is -0.159. The van der Waals surface area contributed by atoms with E-state index in [0.29, 0.717) is 0 Å². The van der Waals surface area contributed by atoms with Crippen LogP contribution in [0.3, 0.4) is 0 Å². The minimum absolute atomic E-state index is 0.0569. The van der Waals surface area contributed by atoms with E-state index in [1.807, 2.05) is 0 Å². The fourth-order valence-electron chi connectivity index (χ4n) is 2.42. The quantitative estimate of drug-likeness (QED) is 0.862. The highest BCUT2D eigenvalue weighted by Gasteiger charge is 2.24. The minimum Gasteiger partial charge on any atom is -0.369 e. The van der Waals surface area contributed by atoms with Crippen molar-refractivity contribution in [3.8, 4) is 0 Å². The molecule has 1 aliphatic rings. The van der Waals surface area contributed by atoms with Gasteiger partial charge in [-0.3, -0.25) is 4.79 Å². The molecule has 5 heteroatoms. The SMILES string of the molecule is Cc1ccc(C(N)CN2CCC(C(N)=O)CC2)s1. The number of rotatable bonds is 4. The molecule has 18 heavy (non-hydrogen) atoms. The fourth-order valence-corrected chi connectivity index (χ4v) is 3.29. The number of aryl methyl sites for hydroxylation is 1. The van der Waals surface area contributed by atoms with Crippen LogP contribution in [-0.2, 0) is 4.79 Å². The lowest BCUT2D eigenvalue weighted by Crippen LogP contribution is -2.41. The zero-order chi connectivity index (χ0) is 13.1. The molecule has 1 aromatic heterocycles. The first-order valence-corrected chi connectivity index (χ1v) is 7.21. The molecular formula is C13H21N3OS. The Morgan fingerprint density at radius 2 is 2.17 bits per heavy atom. The Labute approximate surface area is 112 Å². The number of amides is 1. The van der Waals surface area contributed by atoms with Crippen LogP contribution in [0.15, 0.2) is 12.1 Å². The molecule has 0 saturated carbocycles. The van der Waals surface area contributed by atoms with E-state index in [1.54, 1.807) is 11.3 Å². The van der Waals surface area contributed by atoms with Crippen LogP contribution in [0, 0.1) is 12.8 Å². The summed E-state index contributed by atoms with van der Waals surface area (Å²) in [7, 11) is 0. The van der Waals surface area contributed by atoms with Gasteiger partial charge in [-0.25, -0.2) is 0 Å². The molecule has 2 rings (SSSR count). The second-order valence-electron chi connectivity index (χ2n) is 5.03. The Bertz CT molecular complexity index is 410. The van der Waals surface area contributed by atoms with E-state index in [2.05, 4.69) is 24.0 Å². The monoisotopic (exact) mass is 267 g/mol. The van der Waals surface area contributed by atoms with Crippen LogP contribution in [-0.4, -0.2) is 30.4 Å². The number of likely N-dealkylation sites (tertiary alicyclic amines) is 1. The van der Waals surface area contributed by atoms with E-state index in [1.165, 1.54) is 9.75 Å². The molecule has 4 nitrogen and oxygen atoms in total. The summed E-state index contributed by atoms with van der Waals surface area (Å²) in [4.78, 5) is 16.0. The molecule has 0 bridgehead atoms. The fraction of sp³-hybridized carbons (Fsp3) is 0.615. The number of nitrogens with zero attached hydrogens (tertiary/aromatic N) is 1. The van der Waals surface area contributed by atoms with Gasteiger partial charge in [-0.1, -0.05) is 0 Å². The summed E-state index contributed by atoms with van der Waals surface area (Å²) in [5.74, 6) is -0.103. The summed E-state index contributed by atoms with van der Waals surface area (Å²) in [6.07, 6.45) is 1.73. The summed E-state index contributed by atoms with van der Waals surface area (Å²) < 4.78 is 0. The topological polar surface area (TPSA) is 72.3 Å². The molecule has 1 unspecified atom stereocenters. The Kier molecular flexibility index (Phi) is 4.37. The lowest BCUT2D eigenvalue weighted by Gasteiger charge is -2.31. The van der Waals surface area contributed by atoms with Crippen molar-refractivity contribution in [2.24, 2.45) is 17.4 Å². The summed E-state index contributed by atoms with van der Waals surface area (Å²) >= 11 is 1.76. The van der Waals surface area contributed by atoms with E-state index in [0.717, 1.165) is 32.5 Å². The van der Waals surface area contributed by atoms with Gasteiger partial charge >= 0.3 is 0 Å². The number of piperidine rings is 1. The third-order valence-corrected chi connectivity index (χ3v) is 4.70. The average Bonchev–Trinajstić information content (AvgIpc) is 2.76. The molecule has 1 aliphatic heterocycles. The van der Waals surface area contributed by atoms with E-state index in [9.17, 15) is 4.79 Å². The van der Waals surface area contributed by atoms with Gasteiger partial charge in [0.15, 0.2) is 0 Å². The second kappa shape index (κ2) is 5.82. The highest BCUT2D eigenvalue weighted by molar-refractivity contribution is 7.12. The second-order valence-corrected chi connectivity index (χ2v) is 6.35. The lowest BCUT2D eigenvalue weighted by molar-refractivity contribution is -0.123. The standard InChI is InChI=1S/C13H21N3OS/c1-9-2-3-12(18-9)11(14)8-16-6-4-10(5-7-16)13(15)17/h2-3,10-11H,4-8,14H2,1H3,(H2,15,17). The molecule has 1 amide bonds. The highest BCUT2D eigenvalue weighted by atomic mass is 32.1. The van der Waals surface area contributed by atoms with Gasteiger partial charge in [0.05, 0.1) is 6.04 Å². The third-order valence-electron chi connectivity index (χ3n) is 3.57. The van der Waals surface area contributed by atoms with Crippen molar-refractivity contribution in [3.63, 3.8) is 0 Å². The molecule has 1 aromatic rings. The molecule has 4 N–H and O–H groups in total. The van der Waals surface area contributed by atoms with Crippen molar-refractivity contribution >= 4 is 17.2 Å². The lowest BCUT2D eigenvalue weighted by atomic mass is 9.96. The zero-order valence-corrected chi connectivity index (χ0v) is 11.6. The molecule has 0 spiro atoms. The first kappa shape index (κ1) is 13.5. The summed E-state index contributed by atoms with van der Waals surface area (Å²) in [5.41, 5.74) is 11.5. The van der Waals surface area contributed by atoms with Crippen LogP contribution in [0.1, 0.15) is 28.6 Å². The molecule has 1 fully saturated rings. The zero-order valence-electron chi connectivity index (χ0n) is 10.8. The van der Waals surface area contributed by atoms with Gasteiger partial charge in [0.25, 0.3) is 0 Å². The molecule has 100 valence electrons. The van der Waals surface area contributed by atoms with Crippen molar-refractivity contribution in [1.29, 1.82) is 0 Å². The van der Waals surface area contributed by atoms with Crippen molar-refractivity contribution in [1.82, 2.24) is 4.90 Å². The molecular weight excluding hydrogens is 246 g/mol. The molecule has 2 heterocycles. The smallest absolute Gasteiger partial charge is 0.220 e. The first-order chi connectivity index (χ1) is 8.56. The number of nitrogens with two attached hydrogens (primary N) is 2. The average molecular weight is 267 g/mol. The van der Waals surface area contributed by atoms with Gasteiger partial charge in [-0.15, -0.1) is 11.3 Å². The van der Waals surface area contributed by atoms with E-state index in [-0.39, 0.29) is 17.9 Å². The third kappa shape index (κ3) is 3.31. The van der Waals surface area contributed by atoms with E-state index in [4.69, 9.17) is 11.5 Å². The number of carbonyl (C=O) groups is 1. The van der Waals surface area contributed by atoms with Gasteiger partial charge in [-0.2, -0.15) is 0 Å². The maximum Gasteiger partial charge on any atom is 0.220 e. The Balaban J connectivity index is 1.83. The summed E-state index contributed by atoms with van der Waals surface area (Å²) in [5, 5.41) is 0. The van der Waals surface area contributed by atoms with E-state index >= 15 is 0 Å². The van der Waals surface area contributed by atoms with Crippen LogP contribution in [0.4, 0.5) is 0 Å². The summed E-state index contributed by atoms with van der Waals surface area (Å²) in [6, 6.07) is 4.30. The largest absolute Gasteiger partial charge is 0.369 e. The van der Waals surface area contributed by atoms with Crippen LogP contribution in [0.25, 0.3) is 0 Å². The number of hydrogen-bond acceptors (Lipinski definition) is 4. The molecule has 0 aliphatic carbocycles. The Hall–Kier alpha value is -0.910. The van der Waals surface area contributed by atoms with Gasteiger partial charge < -0.3 is 16.4 Å². The molecule has 1 atom stereocenters. The number of hydrogen-bond donors (Lipinski definition) is 2. The van der Waals surface area contributed by atoms with Crippen molar-refractivity contribution in [2.75, 3.05) is 19.6 Å². The summed E-state index contributed by atoms with van der Waals surface area (Å²) in [6.45, 7) is 4.81. The van der Waals surface area contributed by atoms with Crippen LogP contribution < -0.4 is 11.5 Å². The Morgan fingerprint density at radius 3 is 2.67 bits per heavy atom. The van der Waals surface area contributed by atoms with Crippen LogP contribution >= 0.6 is 11.3 Å². The van der Waals surface area contributed by atoms with Crippen LogP contribution in [0.2, 0.25) is 0 Å². The molecule has 0 radical (unpaired) electrons. The predicted octanol–water partition coefficient (Wildman–Crippen LogP) is 1.25. The van der Waals surface area contributed by atoms with E-state index < -0.39 is 0 Å². The van der Waals surface area contributed by atoms with Crippen LogP contribution in [0.5, 0.6) is 0 Å². The van der Waals surface area contributed by atoms with Crippen molar-refractivity contribution in [2.45, 2.75) is 25.8 Å². The van der Waals surface area contributed by atoms with Gasteiger partial charge in [0, 0.05) is 22.2 Å². The Morgan fingerprint density at radius 1 is 1.50 bits per heavy atom. The number of primary amides is 1. The van der Waals surface area contributed by atoms with Gasteiger partial charge in [0.2, 0.25) is 5.91 Å². The maximum absolute atomic E-state index is 11.1. The number of carbonyl (C=O) groups excluding carboxylic acids is 1. The normalized spacial score (nSPS) is 19.9.